The molecular formula is C13H17NO5. The van der Waals surface area contributed by atoms with Gasteiger partial charge in [-0.15, -0.1) is 6.58 Å². The summed E-state index contributed by atoms with van der Waals surface area (Å²) < 4.78 is 11.0. The van der Waals surface area contributed by atoms with Crippen LogP contribution < -0.4 is 0 Å². The van der Waals surface area contributed by atoms with Crippen LogP contribution in [0, 0.1) is 10.1 Å². The van der Waals surface area contributed by atoms with Crippen LogP contribution in [0.4, 0.5) is 0 Å². The lowest BCUT2D eigenvalue weighted by molar-refractivity contribution is -0.420. The van der Waals surface area contributed by atoms with E-state index in [1.54, 1.807) is 13.0 Å². The van der Waals surface area contributed by atoms with Crippen molar-refractivity contribution in [2.24, 2.45) is 0 Å². The van der Waals surface area contributed by atoms with E-state index >= 15 is 0 Å². The number of nitrogens with zero attached hydrogens (tertiary/aromatic N) is 1. The van der Waals surface area contributed by atoms with Crippen molar-refractivity contribution in [3.05, 3.63) is 58.2 Å². The van der Waals surface area contributed by atoms with Gasteiger partial charge in [-0.05, 0) is 19.6 Å². The molecule has 6 heteroatoms. The normalized spacial score (nSPS) is 23.3. The largest absolute Gasteiger partial charge is 0.486 e. The highest BCUT2D eigenvalue weighted by atomic mass is 16.6. The zero-order chi connectivity index (χ0) is 14.4. The molecule has 0 aromatic carbocycles. The first-order chi connectivity index (χ1) is 9.04. The zero-order valence-electron chi connectivity index (χ0n) is 10.8. The molecule has 1 atom stereocenters. The van der Waals surface area contributed by atoms with E-state index in [9.17, 15) is 10.1 Å². The zero-order valence-corrected chi connectivity index (χ0v) is 10.8. The molecule has 1 rings (SSSR count). The number of aliphatic hydroxyl groups excluding tert-OH is 1. The second kappa shape index (κ2) is 6.75. The minimum Gasteiger partial charge on any atom is -0.486 e. The van der Waals surface area contributed by atoms with Crippen molar-refractivity contribution < 1.29 is 19.5 Å². The summed E-state index contributed by atoms with van der Waals surface area (Å²) in [5.74, 6) is 0.652. The van der Waals surface area contributed by atoms with Crippen LogP contribution in [0.2, 0.25) is 0 Å². The van der Waals surface area contributed by atoms with Crippen molar-refractivity contribution in [3.8, 4) is 0 Å². The summed E-state index contributed by atoms with van der Waals surface area (Å²) in [6, 6.07) is 0. The van der Waals surface area contributed by atoms with Gasteiger partial charge in [-0.25, -0.2) is 0 Å². The first kappa shape index (κ1) is 15.0. The molecule has 1 N–H and O–H groups in total. The topological polar surface area (TPSA) is 81.8 Å². The highest BCUT2D eigenvalue weighted by Gasteiger charge is 2.29. The summed E-state index contributed by atoms with van der Waals surface area (Å²) in [7, 11) is 0. The average molecular weight is 267 g/mol. The molecule has 104 valence electrons. The summed E-state index contributed by atoms with van der Waals surface area (Å²) in [6.45, 7) is 8.71. The number of hydrogen-bond acceptors (Lipinski definition) is 5. The maximum absolute atomic E-state index is 10.9. The Morgan fingerprint density at radius 1 is 1.68 bits per heavy atom. The fourth-order valence-electron chi connectivity index (χ4n) is 1.63. The number of rotatable bonds is 5. The van der Waals surface area contributed by atoms with Crippen LogP contribution in [0.5, 0.6) is 0 Å². The average Bonchev–Trinajstić information content (AvgIpc) is 2.43. The molecule has 0 aliphatic carbocycles. The Bertz CT molecular complexity index is 450. The maximum Gasteiger partial charge on any atom is 0.269 e. The number of allylic oxidation sites excluding steroid dienone is 3. The van der Waals surface area contributed by atoms with E-state index in [-0.39, 0.29) is 31.1 Å². The second-order valence-electron chi connectivity index (χ2n) is 3.89. The molecule has 1 heterocycles. The Hall–Kier alpha value is -2.08. The van der Waals surface area contributed by atoms with Crippen molar-refractivity contribution >= 4 is 0 Å². The first-order valence-electron chi connectivity index (χ1n) is 5.79. The van der Waals surface area contributed by atoms with Gasteiger partial charge >= 0.3 is 0 Å². The Kier molecular flexibility index (Phi) is 5.32. The monoisotopic (exact) mass is 267 g/mol. The predicted molar refractivity (Wildman–Crippen MR) is 69.6 cm³/mol. The third-order valence-electron chi connectivity index (χ3n) is 2.59. The summed E-state index contributed by atoms with van der Waals surface area (Å²) in [6.07, 6.45) is 2.86. The molecular weight excluding hydrogens is 250 g/mol. The Labute approximate surface area is 111 Å². The molecule has 1 aliphatic rings. The summed E-state index contributed by atoms with van der Waals surface area (Å²) in [5.41, 5.74) is 0.0303. The molecule has 1 fully saturated rings. The van der Waals surface area contributed by atoms with E-state index in [0.29, 0.717) is 11.3 Å². The van der Waals surface area contributed by atoms with Crippen LogP contribution in [-0.4, -0.2) is 29.3 Å². The number of hydrogen-bond donors (Lipinski definition) is 1. The fourth-order valence-corrected chi connectivity index (χ4v) is 1.63. The highest BCUT2D eigenvalue weighted by molar-refractivity contribution is 5.37. The number of ether oxygens (including phenoxy) is 2. The van der Waals surface area contributed by atoms with Gasteiger partial charge in [-0.1, -0.05) is 6.08 Å². The van der Waals surface area contributed by atoms with Gasteiger partial charge in [0.15, 0.2) is 17.6 Å². The van der Waals surface area contributed by atoms with E-state index in [1.165, 1.54) is 6.08 Å². The maximum atomic E-state index is 10.9. The smallest absolute Gasteiger partial charge is 0.269 e. The molecule has 19 heavy (non-hydrogen) atoms. The minimum absolute atomic E-state index is 0.200. The molecule has 0 spiro atoms. The van der Waals surface area contributed by atoms with Gasteiger partial charge < -0.3 is 14.6 Å². The van der Waals surface area contributed by atoms with Gasteiger partial charge in [0, 0.05) is 6.42 Å². The lowest BCUT2D eigenvalue weighted by Crippen LogP contribution is -2.30. The summed E-state index contributed by atoms with van der Waals surface area (Å²) >= 11 is 0. The molecule has 1 unspecified atom stereocenters. The molecule has 1 aliphatic heterocycles. The van der Waals surface area contributed by atoms with Crippen LogP contribution in [0.1, 0.15) is 13.3 Å². The lowest BCUT2D eigenvalue weighted by atomic mass is 10.1. The molecule has 0 radical (unpaired) electrons. The molecule has 0 saturated carbocycles. The van der Waals surface area contributed by atoms with Crippen molar-refractivity contribution in [3.63, 3.8) is 0 Å². The fraction of sp³-hybridized carbons (Fsp3) is 0.385. The van der Waals surface area contributed by atoms with E-state index in [2.05, 4.69) is 13.2 Å². The predicted octanol–water partition coefficient (Wildman–Crippen LogP) is 1.92. The van der Waals surface area contributed by atoms with Gasteiger partial charge in [0.05, 0.1) is 17.1 Å². The van der Waals surface area contributed by atoms with Crippen LogP contribution in [0.3, 0.4) is 0 Å². The van der Waals surface area contributed by atoms with Gasteiger partial charge in [0.2, 0.25) is 0 Å². The summed E-state index contributed by atoms with van der Waals surface area (Å²) in [4.78, 5) is 10.3. The van der Waals surface area contributed by atoms with Crippen LogP contribution >= 0.6 is 0 Å². The van der Waals surface area contributed by atoms with Crippen molar-refractivity contribution in [2.45, 2.75) is 19.4 Å². The van der Waals surface area contributed by atoms with Crippen LogP contribution in [0.15, 0.2) is 48.1 Å². The highest BCUT2D eigenvalue weighted by Crippen LogP contribution is 2.30. The van der Waals surface area contributed by atoms with Gasteiger partial charge in [-0.3, -0.25) is 10.1 Å². The van der Waals surface area contributed by atoms with Gasteiger partial charge in [-0.2, -0.15) is 0 Å². The standard InChI is InChI=1S/C13H17NO5/c1-4-6-11(9(3)14(16)17)13-12(5-2)18-8-10(7-15)19-13/h4-5,10,15H,1,3,6-8H2,2H3/b12-5+,13-11+. The van der Waals surface area contributed by atoms with Crippen LogP contribution in [0.25, 0.3) is 0 Å². The Morgan fingerprint density at radius 3 is 2.84 bits per heavy atom. The third-order valence-corrected chi connectivity index (χ3v) is 2.59. The molecule has 0 bridgehead atoms. The molecule has 0 aromatic heterocycles. The van der Waals surface area contributed by atoms with E-state index in [1.807, 2.05) is 0 Å². The van der Waals surface area contributed by atoms with Crippen molar-refractivity contribution in [1.82, 2.24) is 0 Å². The van der Waals surface area contributed by atoms with Crippen molar-refractivity contribution in [2.75, 3.05) is 13.2 Å². The third kappa shape index (κ3) is 3.45. The van der Waals surface area contributed by atoms with E-state index in [0.717, 1.165) is 0 Å². The Balaban J connectivity index is 3.25. The molecule has 6 nitrogen and oxygen atoms in total. The molecule has 0 aromatic rings. The van der Waals surface area contributed by atoms with Gasteiger partial charge in [0.25, 0.3) is 5.70 Å². The number of nitro groups is 1. The molecule has 0 amide bonds. The van der Waals surface area contributed by atoms with E-state index < -0.39 is 11.0 Å². The molecule has 1 saturated heterocycles. The second-order valence-corrected chi connectivity index (χ2v) is 3.89. The number of aliphatic hydroxyl groups is 1. The Morgan fingerprint density at radius 2 is 2.37 bits per heavy atom. The quantitative estimate of drug-likeness (QED) is 0.467. The van der Waals surface area contributed by atoms with Crippen LogP contribution in [-0.2, 0) is 9.47 Å². The lowest BCUT2D eigenvalue weighted by Gasteiger charge is -2.28. The summed E-state index contributed by atoms with van der Waals surface area (Å²) in [5, 5.41) is 20.0. The van der Waals surface area contributed by atoms with Crippen molar-refractivity contribution in [1.29, 1.82) is 0 Å². The minimum atomic E-state index is -0.578. The SMILES string of the molecule is C=CC/C(C(=C)[N+](=O)[O-])=C1\OC(CO)CO\C1=C\C. The van der Waals surface area contributed by atoms with E-state index in [4.69, 9.17) is 14.6 Å². The van der Waals surface area contributed by atoms with Gasteiger partial charge in [0.1, 0.15) is 6.61 Å². The first-order valence-corrected chi connectivity index (χ1v) is 5.79.